The summed E-state index contributed by atoms with van der Waals surface area (Å²) in [6.45, 7) is 2.21. The van der Waals surface area contributed by atoms with E-state index in [1.165, 1.54) is 44.9 Å². The van der Waals surface area contributed by atoms with Crippen LogP contribution in [0.4, 0.5) is 0 Å². The maximum Gasteiger partial charge on any atom is 0.242 e. The number of hydrogen-bond acceptors (Lipinski definition) is 3. The van der Waals surface area contributed by atoms with Crippen molar-refractivity contribution in [2.24, 2.45) is 35.5 Å². The van der Waals surface area contributed by atoms with E-state index in [0.717, 1.165) is 34.9 Å². The number of thiol groups is 1. The van der Waals surface area contributed by atoms with E-state index in [4.69, 9.17) is 0 Å². The van der Waals surface area contributed by atoms with E-state index in [2.05, 4.69) is 19.7 Å². The molecule has 2 amide bonds. The second-order valence-electron chi connectivity index (χ2n) is 7.66. The molecule has 0 N–H and O–H groups in total. The van der Waals surface area contributed by atoms with E-state index >= 15 is 0 Å². The minimum absolute atomic E-state index is 0.00842. The minimum Gasteiger partial charge on any atom is -0.277 e. The zero-order chi connectivity index (χ0) is 15.7. The van der Waals surface area contributed by atoms with Crippen molar-refractivity contribution in [3.8, 4) is 0 Å². The van der Waals surface area contributed by atoms with Gasteiger partial charge in [-0.15, -0.1) is 0 Å². The number of rotatable bonds is 3. The van der Waals surface area contributed by atoms with E-state index in [1.54, 1.807) is 0 Å². The fraction of sp³-hybridized carbons (Fsp3) is 0.889. The summed E-state index contributed by atoms with van der Waals surface area (Å²) in [6, 6.07) is 0. The summed E-state index contributed by atoms with van der Waals surface area (Å²) in [6.07, 6.45) is 12.0. The Bertz CT molecular complexity index is 427. The maximum absolute atomic E-state index is 12.5. The highest BCUT2D eigenvalue weighted by Gasteiger charge is 2.48. The van der Waals surface area contributed by atoms with Gasteiger partial charge in [0.1, 0.15) is 0 Å². The van der Waals surface area contributed by atoms with Crippen molar-refractivity contribution < 1.29 is 9.59 Å². The Morgan fingerprint density at radius 1 is 1.05 bits per heavy atom. The highest BCUT2D eigenvalue weighted by molar-refractivity contribution is 7.78. The molecule has 3 rings (SSSR count). The summed E-state index contributed by atoms with van der Waals surface area (Å²) in [5.41, 5.74) is 0. The van der Waals surface area contributed by atoms with Crippen molar-refractivity contribution in [1.82, 2.24) is 4.31 Å². The highest BCUT2D eigenvalue weighted by atomic mass is 32.1. The fourth-order valence-corrected chi connectivity index (χ4v) is 6.20. The quantitative estimate of drug-likeness (QED) is 0.627. The van der Waals surface area contributed by atoms with Crippen LogP contribution in [0, 0.1) is 35.5 Å². The Hall–Kier alpha value is -0.510. The second-order valence-corrected chi connectivity index (χ2v) is 8.09. The van der Waals surface area contributed by atoms with E-state index in [1.807, 2.05) is 0 Å². The number of hydrogen-bond donors (Lipinski definition) is 1. The summed E-state index contributed by atoms with van der Waals surface area (Å²) in [7, 11) is 0. The first-order chi connectivity index (χ1) is 10.7. The first kappa shape index (κ1) is 16.4. The van der Waals surface area contributed by atoms with Gasteiger partial charge in [0.05, 0.1) is 0 Å². The van der Waals surface area contributed by atoms with Gasteiger partial charge < -0.3 is 0 Å². The molecule has 3 fully saturated rings. The molecule has 4 heteroatoms. The van der Waals surface area contributed by atoms with Crippen molar-refractivity contribution in [1.29, 1.82) is 0 Å². The SMILES string of the molecule is CCC1C(C(=O)N(S)C=O)CCC2C3CCCCC3CCC12. The molecule has 0 aromatic heterocycles. The molecule has 0 aliphatic heterocycles. The van der Waals surface area contributed by atoms with E-state index in [0.29, 0.717) is 18.2 Å². The largest absolute Gasteiger partial charge is 0.277 e. The molecule has 6 atom stereocenters. The first-order valence-electron chi connectivity index (χ1n) is 9.14. The van der Waals surface area contributed by atoms with Crippen LogP contribution in [0.2, 0.25) is 0 Å². The molecule has 0 heterocycles. The molecule has 124 valence electrons. The van der Waals surface area contributed by atoms with Crippen LogP contribution in [-0.4, -0.2) is 16.6 Å². The van der Waals surface area contributed by atoms with Crippen LogP contribution >= 0.6 is 12.8 Å². The molecule has 0 aromatic carbocycles. The average molecular weight is 324 g/mol. The van der Waals surface area contributed by atoms with Crippen LogP contribution < -0.4 is 0 Å². The Kier molecular flexibility index (Phi) is 5.16. The second kappa shape index (κ2) is 6.94. The third kappa shape index (κ3) is 2.83. The van der Waals surface area contributed by atoms with Crippen LogP contribution in [0.15, 0.2) is 0 Å². The molecule has 0 aromatic rings. The Morgan fingerprint density at radius 3 is 2.50 bits per heavy atom. The van der Waals surface area contributed by atoms with Gasteiger partial charge >= 0.3 is 0 Å². The standard InChI is InChI=1S/C18H29NO2S/c1-2-13-15-8-7-12-5-3-4-6-14(12)16(15)9-10-17(13)18(21)19(22)11-20/h11-17,22H,2-10H2,1H3. The van der Waals surface area contributed by atoms with E-state index < -0.39 is 0 Å². The zero-order valence-electron chi connectivity index (χ0n) is 13.6. The number of fused-ring (bicyclic) bond motifs is 3. The van der Waals surface area contributed by atoms with E-state index in [9.17, 15) is 9.59 Å². The monoisotopic (exact) mass is 323 g/mol. The molecule has 3 nitrogen and oxygen atoms in total. The van der Waals surface area contributed by atoms with Gasteiger partial charge in [0.2, 0.25) is 12.3 Å². The van der Waals surface area contributed by atoms with Crippen molar-refractivity contribution in [2.45, 2.75) is 64.7 Å². The molecule has 0 spiro atoms. The molecule has 22 heavy (non-hydrogen) atoms. The number of imide groups is 1. The van der Waals surface area contributed by atoms with Crippen LogP contribution in [0.1, 0.15) is 64.7 Å². The van der Waals surface area contributed by atoms with Gasteiger partial charge in [0, 0.05) is 5.92 Å². The Morgan fingerprint density at radius 2 is 1.77 bits per heavy atom. The topological polar surface area (TPSA) is 37.4 Å². The van der Waals surface area contributed by atoms with Crippen molar-refractivity contribution in [2.75, 3.05) is 0 Å². The predicted octanol–water partition coefficient (Wildman–Crippen LogP) is 4.09. The molecule has 6 unspecified atom stereocenters. The molecular formula is C18H29NO2S. The van der Waals surface area contributed by atoms with Crippen LogP contribution in [0.5, 0.6) is 0 Å². The van der Waals surface area contributed by atoms with Crippen LogP contribution in [0.25, 0.3) is 0 Å². The fourth-order valence-electron chi connectivity index (χ4n) is 6.06. The lowest BCUT2D eigenvalue weighted by Gasteiger charge is -2.52. The Labute approximate surface area is 139 Å². The lowest BCUT2D eigenvalue weighted by atomic mass is 9.53. The van der Waals surface area contributed by atoms with Gasteiger partial charge in [-0.25, -0.2) is 4.31 Å². The van der Waals surface area contributed by atoms with Gasteiger partial charge in [-0.3, -0.25) is 9.59 Å². The van der Waals surface area contributed by atoms with Crippen LogP contribution in [0.3, 0.4) is 0 Å². The van der Waals surface area contributed by atoms with E-state index in [-0.39, 0.29) is 11.8 Å². The molecule has 0 saturated heterocycles. The summed E-state index contributed by atoms with van der Waals surface area (Å²) < 4.78 is 0.972. The third-order valence-electron chi connectivity index (χ3n) is 6.93. The molecule has 0 bridgehead atoms. The van der Waals surface area contributed by atoms with Gasteiger partial charge in [0.15, 0.2) is 0 Å². The first-order valence-corrected chi connectivity index (χ1v) is 9.54. The van der Waals surface area contributed by atoms with Crippen molar-refractivity contribution in [3.05, 3.63) is 0 Å². The molecule has 3 saturated carbocycles. The highest BCUT2D eigenvalue weighted by Crippen LogP contribution is 2.55. The van der Waals surface area contributed by atoms with Gasteiger partial charge in [-0.2, -0.15) is 0 Å². The van der Waals surface area contributed by atoms with Crippen molar-refractivity contribution >= 4 is 25.1 Å². The summed E-state index contributed by atoms with van der Waals surface area (Å²) in [5.74, 6) is 3.78. The smallest absolute Gasteiger partial charge is 0.242 e. The van der Waals surface area contributed by atoms with Gasteiger partial charge in [-0.05, 0) is 61.7 Å². The average Bonchev–Trinajstić information content (AvgIpc) is 2.58. The third-order valence-corrected chi connectivity index (χ3v) is 7.22. The lowest BCUT2D eigenvalue weighted by Crippen LogP contribution is -2.47. The van der Waals surface area contributed by atoms with Gasteiger partial charge in [-0.1, -0.05) is 45.4 Å². The molecule has 3 aliphatic rings. The number of nitrogens with zero attached hydrogens (tertiary/aromatic N) is 1. The van der Waals surface area contributed by atoms with Crippen LogP contribution in [-0.2, 0) is 9.59 Å². The predicted molar refractivity (Wildman–Crippen MR) is 90.1 cm³/mol. The normalized spacial score (nSPS) is 41.2. The number of carbonyl (C=O) groups is 2. The number of carbonyl (C=O) groups excluding carboxylic acids is 2. The summed E-state index contributed by atoms with van der Waals surface area (Å²) >= 11 is 4.02. The number of amides is 2. The van der Waals surface area contributed by atoms with Gasteiger partial charge in [0.25, 0.3) is 0 Å². The lowest BCUT2D eigenvalue weighted by molar-refractivity contribution is -0.141. The summed E-state index contributed by atoms with van der Waals surface area (Å²) in [4.78, 5) is 23.4. The minimum atomic E-state index is -0.0746. The Balaban J connectivity index is 1.76. The molecule has 3 aliphatic carbocycles. The molecular weight excluding hydrogens is 294 g/mol. The summed E-state index contributed by atoms with van der Waals surface area (Å²) in [5, 5.41) is 0. The van der Waals surface area contributed by atoms with Crippen molar-refractivity contribution in [3.63, 3.8) is 0 Å². The zero-order valence-corrected chi connectivity index (χ0v) is 14.5. The maximum atomic E-state index is 12.5. The molecule has 0 radical (unpaired) electrons.